The summed E-state index contributed by atoms with van der Waals surface area (Å²) in [5.41, 5.74) is 13.6. The van der Waals surface area contributed by atoms with Crippen LogP contribution in [0.2, 0.25) is 0 Å². The summed E-state index contributed by atoms with van der Waals surface area (Å²) < 4.78 is 12.8. The van der Waals surface area contributed by atoms with Crippen molar-refractivity contribution in [3.05, 3.63) is 200 Å². The molecule has 0 atom stereocenters. The van der Waals surface area contributed by atoms with E-state index in [1.807, 2.05) is 24.3 Å². The fraction of sp³-hybridized carbons (Fsp3) is 0. The van der Waals surface area contributed by atoms with E-state index >= 15 is 0 Å². The van der Waals surface area contributed by atoms with E-state index in [0.29, 0.717) is 0 Å². The van der Waals surface area contributed by atoms with Crippen LogP contribution in [-0.2, 0) is 0 Å². The van der Waals surface area contributed by atoms with Crippen molar-refractivity contribution in [1.82, 2.24) is 0 Å². The van der Waals surface area contributed by atoms with E-state index in [0.717, 1.165) is 83.2 Å². The Balaban J connectivity index is 1.06. The highest BCUT2D eigenvalue weighted by molar-refractivity contribution is 6.14. The van der Waals surface area contributed by atoms with Crippen LogP contribution in [-0.4, -0.2) is 0 Å². The average molecular weight is 704 g/mol. The Morgan fingerprint density at radius 2 is 0.927 bits per heavy atom. The Bertz CT molecular complexity index is 3220. The normalized spacial score (nSPS) is 11.6. The van der Waals surface area contributed by atoms with E-state index in [2.05, 4.69) is 181 Å². The van der Waals surface area contributed by atoms with Crippen LogP contribution in [0.4, 0.5) is 17.1 Å². The van der Waals surface area contributed by atoms with Gasteiger partial charge in [-0.05, 0) is 93.2 Å². The Hall–Kier alpha value is -7.36. The van der Waals surface area contributed by atoms with Gasteiger partial charge in [-0.1, -0.05) is 146 Å². The minimum atomic E-state index is 0.857. The number of benzene rings is 9. The summed E-state index contributed by atoms with van der Waals surface area (Å²) in [7, 11) is 0. The molecule has 0 aliphatic rings. The molecule has 0 spiro atoms. The quantitative estimate of drug-likeness (QED) is 0.173. The number of anilines is 3. The highest BCUT2D eigenvalue weighted by Crippen LogP contribution is 2.45. The van der Waals surface area contributed by atoms with E-state index < -0.39 is 0 Å². The molecule has 0 saturated carbocycles. The number of hydrogen-bond acceptors (Lipinski definition) is 3. The van der Waals surface area contributed by atoms with Gasteiger partial charge >= 0.3 is 0 Å². The van der Waals surface area contributed by atoms with Crippen molar-refractivity contribution in [2.45, 2.75) is 0 Å². The lowest BCUT2D eigenvalue weighted by molar-refractivity contribution is 0.669. The molecule has 0 aliphatic heterocycles. The number of rotatable bonds is 6. The second-order valence-electron chi connectivity index (χ2n) is 14.1. The number of nitrogens with zero attached hydrogens (tertiary/aromatic N) is 1. The van der Waals surface area contributed by atoms with Gasteiger partial charge in [0.1, 0.15) is 22.3 Å². The molecule has 0 aliphatic carbocycles. The maximum absolute atomic E-state index is 6.43. The first-order chi connectivity index (χ1) is 27.3. The van der Waals surface area contributed by atoms with Gasteiger partial charge in [-0.25, -0.2) is 0 Å². The number of furan rings is 2. The zero-order valence-corrected chi connectivity index (χ0v) is 29.8. The second kappa shape index (κ2) is 12.6. The lowest BCUT2D eigenvalue weighted by atomic mass is 9.95. The molecule has 0 saturated heterocycles. The molecule has 0 unspecified atom stereocenters. The fourth-order valence-corrected chi connectivity index (χ4v) is 8.30. The maximum Gasteiger partial charge on any atom is 0.143 e. The zero-order valence-electron chi connectivity index (χ0n) is 29.8. The van der Waals surface area contributed by atoms with Gasteiger partial charge in [0.2, 0.25) is 0 Å². The van der Waals surface area contributed by atoms with Crippen molar-refractivity contribution >= 4 is 71.7 Å². The molecule has 55 heavy (non-hydrogen) atoms. The Morgan fingerprint density at radius 1 is 0.327 bits per heavy atom. The number of hydrogen-bond donors (Lipinski definition) is 0. The highest BCUT2D eigenvalue weighted by atomic mass is 16.3. The molecule has 3 nitrogen and oxygen atoms in total. The molecule has 0 amide bonds. The molecule has 3 heteroatoms. The molecule has 2 aromatic heterocycles. The van der Waals surface area contributed by atoms with Gasteiger partial charge in [-0.2, -0.15) is 0 Å². The molecule has 11 aromatic rings. The van der Waals surface area contributed by atoms with E-state index in [1.165, 1.54) is 21.9 Å². The zero-order chi connectivity index (χ0) is 36.3. The third-order valence-electron chi connectivity index (χ3n) is 10.9. The molecule has 258 valence electrons. The lowest BCUT2D eigenvalue weighted by Crippen LogP contribution is -2.10. The summed E-state index contributed by atoms with van der Waals surface area (Å²) in [5, 5.41) is 6.92. The fourth-order valence-electron chi connectivity index (χ4n) is 8.30. The van der Waals surface area contributed by atoms with Crippen LogP contribution in [0, 0.1) is 0 Å². The largest absolute Gasteiger partial charge is 0.456 e. The van der Waals surface area contributed by atoms with Crippen molar-refractivity contribution in [1.29, 1.82) is 0 Å². The van der Waals surface area contributed by atoms with Crippen molar-refractivity contribution in [3.63, 3.8) is 0 Å². The predicted molar refractivity (Wildman–Crippen MR) is 229 cm³/mol. The van der Waals surface area contributed by atoms with Crippen LogP contribution in [0.1, 0.15) is 0 Å². The van der Waals surface area contributed by atoms with Crippen LogP contribution in [0.15, 0.2) is 209 Å². The van der Waals surface area contributed by atoms with Crippen LogP contribution >= 0.6 is 0 Å². The molecule has 2 heterocycles. The SMILES string of the molecule is c1cc(-c2cccc(N(c3ccc(-c4cccc5c4oc4ccccc45)cc3)c3cccc4oc5ccccc5c34)c2)cc(-c2cccc3ccccc23)c1. The average Bonchev–Trinajstić information content (AvgIpc) is 3.83. The summed E-state index contributed by atoms with van der Waals surface area (Å²) in [6.07, 6.45) is 0. The van der Waals surface area contributed by atoms with E-state index in [1.54, 1.807) is 0 Å². The van der Waals surface area contributed by atoms with Crippen molar-refractivity contribution < 1.29 is 8.83 Å². The van der Waals surface area contributed by atoms with Gasteiger partial charge in [0.25, 0.3) is 0 Å². The molecule has 0 bridgehead atoms. The van der Waals surface area contributed by atoms with E-state index in [-0.39, 0.29) is 0 Å². The van der Waals surface area contributed by atoms with Crippen LogP contribution in [0.3, 0.4) is 0 Å². The third kappa shape index (κ3) is 5.20. The second-order valence-corrected chi connectivity index (χ2v) is 14.1. The van der Waals surface area contributed by atoms with Gasteiger partial charge in [0.05, 0.1) is 11.1 Å². The molecular formula is C52H33NO2. The predicted octanol–water partition coefficient (Wildman–Crippen LogP) is 15.1. The maximum atomic E-state index is 6.43. The topological polar surface area (TPSA) is 29.5 Å². The minimum absolute atomic E-state index is 0.857. The molecule has 0 N–H and O–H groups in total. The van der Waals surface area contributed by atoms with Crippen molar-refractivity contribution in [2.75, 3.05) is 4.90 Å². The Labute approximate surface area is 317 Å². The van der Waals surface area contributed by atoms with Gasteiger partial charge in [-0.3, -0.25) is 0 Å². The number of para-hydroxylation sites is 3. The van der Waals surface area contributed by atoms with Crippen LogP contribution in [0.5, 0.6) is 0 Å². The summed E-state index contributed by atoms with van der Waals surface area (Å²) >= 11 is 0. The van der Waals surface area contributed by atoms with E-state index in [9.17, 15) is 0 Å². The summed E-state index contributed by atoms with van der Waals surface area (Å²) in [6, 6.07) is 71.0. The van der Waals surface area contributed by atoms with E-state index in [4.69, 9.17) is 8.83 Å². The molecule has 9 aromatic carbocycles. The first-order valence-corrected chi connectivity index (χ1v) is 18.7. The van der Waals surface area contributed by atoms with Crippen molar-refractivity contribution in [3.8, 4) is 33.4 Å². The summed E-state index contributed by atoms with van der Waals surface area (Å²) in [5.74, 6) is 0. The smallest absolute Gasteiger partial charge is 0.143 e. The summed E-state index contributed by atoms with van der Waals surface area (Å²) in [6.45, 7) is 0. The molecule has 0 radical (unpaired) electrons. The van der Waals surface area contributed by atoms with Gasteiger partial charge < -0.3 is 13.7 Å². The Morgan fingerprint density at radius 3 is 1.80 bits per heavy atom. The van der Waals surface area contributed by atoms with Gasteiger partial charge in [-0.15, -0.1) is 0 Å². The molecule has 11 rings (SSSR count). The Kier molecular flexibility index (Phi) is 7.17. The molecule has 0 fully saturated rings. The van der Waals surface area contributed by atoms with Crippen LogP contribution in [0.25, 0.3) is 88.0 Å². The first kappa shape index (κ1) is 31.2. The standard InChI is InChI=1S/C52H33NO2/c1-2-18-41-34(12-1)13-9-21-42(41)38-16-7-14-36(32-38)37-15-8-17-40(33-37)53(47-24-11-27-50-51(47)46-20-4-6-26-49(46)54-50)39-30-28-35(29-31-39)43-22-10-23-45-44-19-3-5-25-48(44)55-52(43)45/h1-33H. The van der Waals surface area contributed by atoms with Crippen LogP contribution < -0.4 is 4.90 Å². The summed E-state index contributed by atoms with van der Waals surface area (Å²) in [4.78, 5) is 2.36. The van der Waals surface area contributed by atoms with Gasteiger partial charge in [0, 0.05) is 33.1 Å². The highest BCUT2D eigenvalue weighted by Gasteiger charge is 2.20. The van der Waals surface area contributed by atoms with Gasteiger partial charge in [0.15, 0.2) is 0 Å². The van der Waals surface area contributed by atoms with Crippen molar-refractivity contribution in [2.24, 2.45) is 0 Å². The lowest BCUT2D eigenvalue weighted by Gasteiger charge is -2.27. The third-order valence-corrected chi connectivity index (χ3v) is 10.9. The minimum Gasteiger partial charge on any atom is -0.456 e. The molecular weight excluding hydrogens is 671 g/mol. The monoisotopic (exact) mass is 703 g/mol. The number of fused-ring (bicyclic) bond motifs is 7. The first-order valence-electron chi connectivity index (χ1n) is 18.7.